The highest BCUT2D eigenvalue weighted by molar-refractivity contribution is 7.10. The monoisotopic (exact) mass is 565 g/mol. The molecule has 0 spiro atoms. The Balaban J connectivity index is 0.000000349. The highest BCUT2D eigenvalue weighted by Gasteiger charge is 2.41. The maximum Gasteiger partial charge on any atom is 0.336 e. The Hall–Kier alpha value is -3.51. The molecule has 0 radical (unpaired) electrons. The van der Waals surface area contributed by atoms with Gasteiger partial charge in [-0.2, -0.15) is 0 Å². The molecule has 0 aliphatic heterocycles. The standard InChI is InChI=1S/C21H27NO3S.C6H8O7/c1-5-7-15(18-8-6-9-26-18)22-19(24)10-14-13(2)25-17-12-21(3,4)11-16(23)20(14)17;7-3(8)1-6(13,5(11)12)2-4(9)10/h6,8-9,15H,5,7,10-12H2,1-4H3,(H,22,24);13H,1-2H2,(H,7,8)(H,9,10)(H,11,12). The van der Waals surface area contributed by atoms with E-state index < -0.39 is 36.4 Å². The van der Waals surface area contributed by atoms with Crippen molar-refractivity contribution in [2.45, 2.75) is 84.3 Å². The molecule has 214 valence electrons. The lowest BCUT2D eigenvalue weighted by Crippen LogP contribution is -2.42. The third kappa shape index (κ3) is 8.75. The molecule has 2 heterocycles. The summed E-state index contributed by atoms with van der Waals surface area (Å²) in [6, 6.07) is 4.10. The number of fused-ring (bicyclic) bond motifs is 1. The van der Waals surface area contributed by atoms with Crippen molar-refractivity contribution in [2.24, 2.45) is 5.41 Å². The number of aryl methyl sites for hydroxylation is 1. The van der Waals surface area contributed by atoms with E-state index in [1.807, 2.05) is 18.4 Å². The van der Waals surface area contributed by atoms with Crippen molar-refractivity contribution >= 4 is 40.9 Å². The van der Waals surface area contributed by atoms with E-state index >= 15 is 0 Å². The van der Waals surface area contributed by atoms with Crippen LogP contribution in [0.3, 0.4) is 0 Å². The topological polar surface area (TPSA) is 191 Å². The van der Waals surface area contributed by atoms with Crippen LogP contribution in [-0.2, 0) is 32.0 Å². The van der Waals surface area contributed by atoms with Gasteiger partial charge >= 0.3 is 17.9 Å². The number of hydrogen-bond acceptors (Lipinski definition) is 8. The second-order valence-corrected chi connectivity index (χ2v) is 11.4. The zero-order valence-electron chi connectivity index (χ0n) is 22.4. The molecule has 2 aromatic rings. The molecule has 1 aliphatic rings. The number of carbonyl (C=O) groups excluding carboxylic acids is 2. The molecule has 1 aliphatic carbocycles. The summed E-state index contributed by atoms with van der Waals surface area (Å²) in [4.78, 5) is 57.0. The van der Waals surface area contributed by atoms with Crippen molar-refractivity contribution in [3.05, 3.63) is 45.0 Å². The first-order valence-electron chi connectivity index (χ1n) is 12.4. The number of rotatable bonds is 11. The van der Waals surface area contributed by atoms with Crippen LogP contribution in [0, 0.1) is 12.3 Å². The van der Waals surface area contributed by atoms with Crippen LogP contribution in [0.1, 0.15) is 91.2 Å². The first-order chi connectivity index (χ1) is 18.1. The van der Waals surface area contributed by atoms with E-state index in [1.165, 1.54) is 4.88 Å². The van der Waals surface area contributed by atoms with Gasteiger partial charge in [0.2, 0.25) is 5.91 Å². The van der Waals surface area contributed by atoms with Crippen LogP contribution in [0.15, 0.2) is 21.9 Å². The lowest BCUT2D eigenvalue weighted by molar-refractivity contribution is -0.170. The second-order valence-electron chi connectivity index (χ2n) is 10.5. The molecule has 5 N–H and O–H groups in total. The molecule has 3 rings (SSSR count). The Morgan fingerprint density at radius 3 is 2.23 bits per heavy atom. The van der Waals surface area contributed by atoms with Crippen molar-refractivity contribution in [3.8, 4) is 0 Å². The number of amides is 1. The number of aliphatic hydroxyl groups is 1. The highest BCUT2D eigenvalue weighted by atomic mass is 32.1. The fourth-order valence-corrected chi connectivity index (χ4v) is 5.32. The number of carboxylic acid groups (broad SMARTS) is 3. The SMILES string of the molecule is CCCC(NC(=O)Cc1c(C)oc2c1C(=O)CC(C)(C)C2)c1cccs1.O=C(O)CC(O)(CC(=O)O)C(=O)O. The van der Waals surface area contributed by atoms with Crippen LogP contribution >= 0.6 is 11.3 Å². The molecule has 0 bridgehead atoms. The number of carboxylic acids is 3. The zero-order valence-corrected chi connectivity index (χ0v) is 23.2. The van der Waals surface area contributed by atoms with Crippen LogP contribution in [0.5, 0.6) is 0 Å². The minimum absolute atomic E-state index is 0.0326. The van der Waals surface area contributed by atoms with Crippen LogP contribution in [0.25, 0.3) is 0 Å². The van der Waals surface area contributed by atoms with E-state index in [4.69, 9.17) is 24.8 Å². The Labute approximate surface area is 229 Å². The molecule has 0 aromatic carbocycles. The van der Waals surface area contributed by atoms with Crippen molar-refractivity contribution in [2.75, 3.05) is 0 Å². The van der Waals surface area contributed by atoms with Crippen molar-refractivity contribution < 1.29 is 48.8 Å². The van der Waals surface area contributed by atoms with Gasteiger partial charge < -0.3 is 30.2 Å². The zero-order chi connectivity index (χ0) is 29.5. The quantitative estimate of drug-likeness (QED) is 0.268. The number of thiophene rings is 1. The van der Waals surface area contributed by atoms with Crippen LogP contribution in [0.2, 0.25) is 0 Å². The number of furan rings is 1. The van der Waals surface area contributed by atoms with Crippen molar-refractivity contribution in [1.82, 2.24) is 5.32 Å². The molecule has 1 atom stereocenters. The summed E-state index contributed by atoms with van der Waals surface area (Å²) in [5.41, 5.74) is -1.41. The van der Waals surface area contributed by atoms with Crippen LogP contribution in [0.4, 0.5) is 0 Å². The molecule has 0 saturated heterocycles. The molecule has 0 fully saturated rings. The smallest absolute Gasteiger partial charge is 0.336 e. The first kappa shape index (κ1) is 31.7. The molecule has 12 heteroatoms. The lowest BCUT2D eigenvalue weighted by atomic mass is 9.75. The van der Waals surface area contributed by atoms with Crippen molar-refractivity contribution in [3.63, 3.8) is 0 Å². The lowest BCUT2D eigenvalue weighted by Gasteiger charge is -2.27. The van der Waals surface area contributed by atoms with E-state index in [0.29, 0.717) is 17.7 Å². The second kappa shape index (κ2) is 13.0. The Kier molecular flexibility index (Phi) is 10.6. The maximum absolute atomic E-state index is 12.7. The fraction of sp³-hybridized carbons (Fsp3) is 0.519. The number of carbonyl (C=O) groups is 5. The summed E-state index contributed by atoms with van der Waals surface area (Å²) in [7, 11) is 0. The van der Waals surface area contributed by atoms with Gasteiger partial charge in [-0.25, -0.2) is 4.79 Å². The normalized spacial score (nSPS) is 14.9. The summed E-state index contributed by atoms with van der Waals surface area (Å²) in [6.45, 7) is 8.12. The minimum Gasteiger partial charge on any atom is -0.481 e. The Morgan fingerprint density at radius 2 is 1.74 bits per heavy atom. The van der Waals surface area contributed by atoms with Gasteiger partial charge in [0.1, 0.15) is 11.5 Å². The number of ketones is 1. The van der Waals surface area contributed by atoms with Gasteiger partial charge in [-0.05, 0) is 30.2 Å². The highest BCUT2D eigenvalue weighted by Crippen LogP contribution is 2.38. The van der Waals surface area contributed by atoms with Gasteiger partial charge in [0.15, 0.2) is 11.4 Å². The largest absolute Gasteiger partial charge is 0.481 e. The number of aliphatic carboxylic acids is 3. The molecule has 2 aromatic heterocycles. The van der Waals surface area contributed by atoms with E-state index in [9.17, 15) is 24.0 Å². The molecule has 0 saturated carbocycles. The van der Waals surface area contributed by atoms with E-state index in [-0.39, 0.29) is 29.6 Å². The molecule has 1 unspecified atom stereocenters. The molecule has 1 amide bonds. The molecule has 11 nitrogen and oxygen atoms in total. The van der Waals surface area contributed by atoms with E-state index in [2.05, 4.69) is 32.2 Å². The summed E-state index contributed by atoms with van der Waals surface area (Å²) in [5, 5.41) is 39.0. The first-order valence-corrected chi connectivity index (χ1v) is 13.3. The number of Topliss-reactive ketones (excluding diaryl/α,β-unsaturated/α-hetero) is 1. The van der Waals surface area contributed by atoms with E-state index in [0.717, 1.165) is 30.6 Å². The third-order valence-corrected chi connectivity index (χ3v) is 7.25. The van der Waals surface area contributed by atoms with Crippen molar-refractivity contribution in [1.29, 1.82) is 0 Å². The third-order valence-electron chi connectivity index (χ3n) is 6.26. The average Bonchev–Trinajstić information content (AvgIpc) is 3.40. The predicted molar refractivity (Wildman–Crippen MR) is 141 cm³/mol. The van der Waals surface area contributed by atoms with E-state index in [1.54, 1.807) is 11.3 Å². The molecular formula is C27H35NO10S. The Bertz CT molecular complexity index is 1200. The predicted octanol–water partition coefficient (Wildman–Crippen LogP) is 3.76. The van der Waals surface area contributed by atoms with Gasteiger partial charge in [0, 0.05) is 23.3 Å². The summed E-state index contributed by atoms with van der Waals surface area (Å²) < 4.78 is 5.87. The minimum atomic E-state index is -2.74. The molecule has 39 heavy (non-hydrogen) atoms. The Morgan fingerprint density at radius 1 is 1.13 bits per heavy atom. The van der Waals surface area contributed by atoms with Crippen LogP contribution < -0.4 is 5.32 Å². The van der Waals surface area contributed by atoms with Gasteiger partial charge in [-0.15, -0.1) is 11.3 Å². The van der Waals surface area contributed by atoms with Gasteiger partial charge in [0.25, 0.3) is 0 Å². The number of nitrogens with one attached hydrogen (secondary N) is 1. The average molecular weight is 566 g/mol. The fourth-order valence-electron chi connectivity index (χ4n) is 4.51. The van der Waals surface area contributed by atoms with Gasteiger partial charge in [-0.1, -0.05) is 33.3 Å². The maximum atomic E-state index is 12.7. The molecular weight excluding hydrogens is 530 g/mol. The summed E-state index contributed by atoms with van der Waals surface area (Å²) in [5.74, 6) is -3.54. The summed E-state index contributed by atoms with van der Waals surface area (Å²) in [6.07, 6.45) is 1.05. The summed E-state index contributed by atoms with van der Waals surface area (Å²) >= 11 is 1.66. The van der Waals surface area contributed by atoms with Gasteiger partial charge in [-0.3, -0.25) is 19.2 Å². The van der Waals surface area contributed by atoms with Gasteiger partial charge in [0.05, 0.1) is 30.9 Å². The number of hydrogen-bond donors (Lipinski definition) is 5. The van der Waals surface area contributed by atoms with Crippen LogP contribution in [-0.4, -0.2) is 55.6 Å².